The minimum atomic E-state index is -0.370. The van der Waals surface area contributed by atoms with Gasteiger partial charge in [-0.05, 0) is 38.1 Å². The van der Waals surface area contributed by atoms with Crippen molar-refractivity contribution < 1.29 is 9.18 Å². The maximum atomic E-state index is 12.8. The molecule has 1 heterocycles. The number of nitrogens with one attached hydrogen (secondary N) is 2. The predicted octanol–water partition coefficient (Wildman–Crippen LogP) is 2.69. The number of halogens is 1. The molecule has 1 aromatic heterocycles. The van der Waals surface area contributed by atoms with E-state index >= 15 is 0 Å². The van der Waals surface area contributed by atoms with Crippen LogP contribution in [0.1, 0.15) is 24.3 Å². The molecule has 5 nitrogen and oxygen atoms in total. The maximum Gasteiger partial charge on any atom is 0.274 e. The Bertz CT molecular complexity index is 598. The zero-order valence-electron chi connectivity index (χ0n) is 11.2. The first-order chi connectivity index (χ1) is 9.54. The SMILES string of the molecule is CC(C)Nc1cc(C(=O)Nc2ccc(F)cc2)ncn1. The molecule has 0 unspecified atom stereocenters. The number of benzene rings is 1. The molecule has 1 aromatic carbocycles. The summed E-state index contributed by atoms with van der Waals surface area (Å²) in [5.74, 6) is -0.140. The number of carbonyl (C=O) groups is 1. The summed E-state index contributed by atoms with van der Waals surface area (Å²) in [7, 11) is 0. The van der Waals surface area contributed by atoms with Gasteiger partial charge in [0, 0.05) is 17.8 Å². The van der Waals surface area contributed by atoms with Gasteiger partial charge < -0.3 is 10.6 Å². The van der Waals surface area contributed by atoms with Crippen LogP contribution >= 0.6 is 0 Å². The molecule has 20 heavy (non-hydrogen) atoms. The van der Waals surface area contributed by atoms with Crippen molar-refractivity contribution in [2.24, 2.45) is 0 Å². The van der Waals surface area contributed by atoms with Gasteiger partial charge in [0.2, 0.25) is 0 Å². The fourth-order valence-electron chi connectivity index (χ4n) is 1.58. The molecule has 2 aromatic rings. The smallest absolute Gasteiger partial charge is 0.274 e. The molecule has 2 rings (SSSR count). The second-order valence-electron chi connectivity index (χ2n) is 4.55. The molecule has 0 aliphatic heterocycles. The highest BCUT2D eigenvalue weighted by Crippen LogP contribution is 2.11. The van der Waals surface area contributed by atoms with Gasteiger partial charge in [0.05, 0.1) is 0 Å². The molecule has 0 atom stereocenters. The summed E-state index contributed by atoms with van der Waals surface area (Å²) in [5.41, 5.74) is 0.751. The molecule has 0 aliphatic rings. The van der Waals surface area contributed by atoms with Crippen LogP contribution in [0.4, 0.5) is 15.9 Å². The van der Waals surface area contributed by atoms with E-state index in [0.717, 1.165) is 0 Å². The van der Waals surface area contributed by atoms with Crippen molar-refractivity contribution in [1.82, 2.24) is 9.97 Å². The van der Waals surface area contributed by atoms with Crippen LogP contribution in [0, 0.1) is 5.82 Å². The van der Waals surface area contributed by atoms with Gasteiger partial charge in [-0.15, -0.1) is 0 Å². The van der Waals surface area contributed by atoms with Gasteiger partial charge in [0.25, 0.3) is 5.91 Å². The molecule has 1 amide bonds. The van der Waals surface area contributed by atoms with Crippen LogP contribution in [0.15, 0.2) is 36.7 Å². The van der Waals surface area contributed by atoms with E-state index in [0.29, 0.717) is 11.5 Å². The molecule has 0 radical (unpaired) electrons. The average molecular weight is 274 g/mol. The molecular weight excluding hydrogens is 259 g/mol. The highest BCUT2D eigenvalue weighted by molar-refractivity contribution is 6.03. The number of aromatic nitrogens is 2. The van der Waals surface area contributed by atoms with Gasteiger partial charge in [-0.25, -0.2) is 14.4 Å². The van der Waals surface area contributed by atoms with Gasteiger partial charge in [0.15, 0.2) is 0 Å². The molecule has 0 spiro atoms. The Morgan fingerprint density at radius 2 is 1.90 bits per heavy atom. The van der Waals surface area contributed by atoms with Crippen LogP contribution in [0.5, 0.6) is 0 Å². The van der Waals surface area contributed by atoms with Crippen molar-refractivity contribution in [3.05, 3.63) is 48.2 Å². The highest BCUT2D eigenvalue weighted by atomic mass is 19.1. The summed E-state index contributed by atoms with van der Waals surface area (Å²) < 4.78 is 12.8. The van der Waals surface area contributed by atoms with E-state index in [1.165, 1.54) is 30.6 Å². The highest BCUT2D eigenvalue weighted by Gasteiger charge is 2.09. The lowest BCUT2D eigenvalue weighted by Crippen LogP contribution is -2.16. The number of nitrogens with zero attached hydrogens (tertiary/aromatic N) is 2. The van der Waals surface area contributed by atoms with E-state index < -0.39 is 0 Å². The first-order valence-corrected chi connectivity index (χ1v) is 6.20. The second-order valence-corrected chi connectivity index (χ2v) is 4.55. The maximum absolute atomic E-state index is 12.8. The average Bonchev–Trinajstić information content (AvgIpc) is 2.41. The van der Waals surface area contributed by atoms with Crippen molar-refractivity contribution in [2.75, 3.05) is 10.6 Å². The zero-order valence-corrected chi connectivity index (χ0v) is 11.2. The van der Waals surface area contributed by atoms with Gasteiger partial charge in [-0.2, -0.15) is 0 Å². The van der Waals surface area contributed by atoms with Crippen molar-refractivity contribution >= 4 is 17.4 Å². The molecule has 0 aliphatic carbocycles. The van der Waals surface area contributed by atoms with Gasteiger partial charge in [-0.3, -0.25) is 4.79 Å². The fourth-order valence-corrected chi connectivity index (χ4v) is 1.58. The van der Waals surface area contributed by atoms with Gasteiger partial charge in [-0.1, -0.05) is 0 Å². The minimum Gasteiger partial charge on any atom is -0.368 e. The topological polar surface area (TPSA) is 66.9 Å². The normalized spacial score (nSPS) is 10.4. The summed E-state index contributed by atoms with van der Waals surface area (Å²) >= 11 is 0. The van der Waals surface area contributed by atoms with Gasteiger partial charge in [0.1, 0.15) is 23.7 Å². The Labute approximate surface area is 116 Å². The number of hydrogen-bond donors (Lipinski definition) is 2. The molecule has 6 heteroatoms. The van der Waals surface area contributed by atoms with Crippen molar-refractivity contribution in [1.29, 1.82) is 0 Å². The largest absolute Gasteiger partial charge is 0.368 e. The lowest BCUT2D eigenvalue weighted by molar-refractivity contribution is 0.102. The third-order valence-corrected chi connectivity index (χ3v) is 2.44. The molecule has 104 valence electrons. The number of amides is 1. The molecule has 2 N–H and O–H groups in total. The van der Waals surface area contributed by atoms with Crippen molar-refractivity contribution in [3.8, 4) is 0 Å². The Kier molecular flexibility index (Phi) is 4.24. The lowest BCUT2D eigenvalue weighted by atomic mass is 10.3. The Balaban J connectivity index is 2.10. The summed E-state index contributed by atoms with van der Waals surface area (Å²) in [6, 6.07) is 7.31. The van der Waals surface area contributed by atoms with Crippen LogP contribution in [0.25, 0.3) is 0 Å². The molecule has 0 bridgehead atoms. The number of hydrogen-bond acceptors (Lipinski definition) is 4. The number of carbonyl (C=O) groups excluding carboxylic acids is 1. The predicted molar refractivity (Wildman–Crippen MR) is 75.1 cm³/mol. The van der Waals surface area contributed by atoms with Crippen LogP contribution in [0.2, 0.25) is 0 Å². The van der Waals surface area contributed by atoms with E-state index in [1.54, 1.807) is 6.07 Å². The monoisotopic (exact) mass is 274 g/mol. The molecule has 0 saturated carbocycles. The Hall–Kier alpha value is -2.50. The van der Waals surface area contributed by atoms with E-state index in [1.807, 2.05) is 13.8 Å². The number of anilines is 2. The van der Waals surface area contributed by atoms with Crippen LogP contribution in [-0.2, 0) is 0 Å². The van der Waals surface area contributed by atoms with Crippen molar-refractivity contribution in [3.63, 3.8) is 0 Å². The first kappa shape index (κ1) is 13.9. The molecular formula is C14H15FN4O. The third kappa shape index (κ3) is 3.74. The Morgan fingerprint density at radius 1 is 1.20 bits per heavy atom. The van der Waals surface area contributed by atoms with E-state index in [4.69, 9.17) is 0 Å². The lowest BCUT2D eigenvalue weighted by Gasteiger charge is -2.09. The fraction of sp³-hybridized carbons (Fsp3) is 0.214. The summed E-state index contributed by atoms with van der Waals surface area (Å²) in [4.78, 5) is 20.0. The van der Waals surface area contributed by atoms with Gasteiger partial charge >= 0.3 is 0 Å². The quantitative estimate of drug-likeness (QED) is 0.899. The summed E-state index contributed by atoms with van der Waals surface area (Å²) in [6.07, 6.45) is 1.32. The third-order valence-electron chi connectivity index (χ3n) is 2.44. The minimum absolute atomic E-state index is 0.206. The van der Waals surface area contributed by atoms with Crippen molar-refractivity contribution in [2.45, 2.75) is 19.9 Å². The molecule has 0 fully saturated rings. The number of rotatable bonds is 4. The Morgan fingerprint density at radius 3 is 2.55 bits per heavy atom. The van der Waals surface area contributed by atoms with E-state index in [-0.39, 0.29) is 23.5 Å². The van der Waals surface area contributed by atoms with Crippen LogP contribution in [0.3, 0.4) is 0 Å². The zero-order chi connectivity index (χ0) is 14.5. The van der Waals surface area contributed by atoms with Crippen LogP contribution in [-0.4, -0.2) is 21.9 Å². The summed E-state index contributed by atoms with van der Waals surface area (Å²) in [6.45, 7) is 3.95. The molecule has 0 saturated heterocycles. The van der Waals surface area contributed by atoms with Crippen LogP contribution < -0.4 is 10.6 Å². The second kappa shape index (κ2) is 6.10. The summed E-state index contributed by atoms with van der Waals surface area (Å²) in [5, 5.41) is 5.73. The first-order valence-electron chi connectivity index (χ1n) is 6.20. The van der Waals surface area contributed by atoms with E-state index in [9.17, 15) is 9.18 Å². The van der Waals surface area contributed by atoms with E-state index in [2.05, 4.69) is 20.6 Å². The standard InChI is InChI=1S/C14H15FN4O/c1-9(2)18-13-7-12(16-8-17-13)14(20)19-11-5-3-10(15)4-6-11/h3-9H,1-2H3,(H,19,20)(H,16,17,18).